The van der Waals surface area contributed by atoms with Gasteiger partial charge in [0.05, 0.1) is 19.1 Å². The Morgan fingerprint density at radius 3 is 2.40 bits per heavy atom. The monoisotopic (exact) mass is 287 g/mol. The van der Waals surface area contributed by atoms with Crippen LogP contribution in [0.2, 0.25) is 0 Å². The van der Waals surface area contributed by atoms with E-state index in [1.165, 1.54) is 0 Å². The van der Waals surface area contributed by atoms with E-state index in [1.807, 2.05) is 0 Å². The third-order valence-electron chi connectivity index (χ3n) is 3.20. The molecular formula is C14H25NO5. The number of carbonyl (C=O) groups is 2. The molecule has 0 aromatic heterocycles. The highest BCUT2D eigenvalue weighted by Gasteiger charge is 2.38. The third-order valence-corrected chi connectivity index (χ3v) is 3.20. The van der Waals surface area contributed by atoms with E-state index < -0.39 is 23.8 Å². The van der Waals surface area contributed by atoms with Crippen molar-refractivity contribution >= 4 is 12.1 Å². The average molecular weight is 287 g/mol. The summed E-state index contributed by atoms with van der Waals surface area (Å²) in [4.78, 5) is 23.4. The molecule has 0 aromatic rings. The molecule has 1 rings (SSSR count). The van der Waals surface area contributed by atoms with Gasteiger partial charge in [0, 0.05) is 12.0 Å². The van der Waals surface area contributed by atoms with Crippen molar-refractivity contribution < 1.29 is 24.2 Å². The van der Waals surface area contributed by atoms with Gasteiger partial charge in [-0.25, -0.2) is 4.79 Å². The van der Waals surface area contributed by atoms with Crippen LogP contribution in [0.15, 0.2) is 0 Å². The second kappa shape index (κ2) is 6.92. The molecule has 1 aliphatic rings. The number of hydrogen-bond donors (Lipinski definition) is 2. The number of ether oxygens (including phenoxy) is 2. The molecule has 6 nitrogen and oxygen atoms in total. The Kier molecular flexibility index (Phi) is 5.80. The van der Waals surface area contributed by atoms with Crippen LogP contribution >= 0.6 is 0 Å². The minimum absolute atomic E-state index is 0.0504. The van der Waals surface area contributed by atoms with Crippen molar-refractivity contribution in [1.82, 2.24) is 5.32 Å². The lowest BCUT2D eigenvalue weighted by atomic mass is 9.76. The highest BCUT2D eigenvalue weighted by atomic mass is 16.6. The predicted octanol–water partition coefficient (Wildman–Crippen LogP) is 1.60. The zero-order valence-corrected chi connectivity index (χ0v) is 12.6. The lowest BCUT2D eigenvalue weighted by molar-refractivity contribution is -0.144. The molecule has 0 heterocycles. The van der Waals surface area contributed by atoms with Crippen LogP contribution in [-0.4, -0.2) is 41.5 Å². The summed E-state index contributed by atoms with van der Waals surface area (Å²) in [5.41, 5.74) is -0.600. The van der Waals surface area contributed by atoms with Crippen molar-refractivity contribution in [1.29, 1.82) is 0 Å². The standard InChI is InChI=1S/C14H25NO5/c1-5-19-12(17)8-10(9-6-7-11(9)16)15-13(18)20-14(2,3)4/h9-11,16H,5-8H2,1-4H3,(H,15,18). The molecule has 0 aromatic carbocycles. The van der Waals surface area contributed by atoms with Crippen molar-refractivity contribution in [2.24, 2.45) is 5.92 Å². The molecule has 0 saturated heterocycles. The number of aliphatic hydroxyl groups is 1. The van der Waals surface area contributed by atoms with Gasteiger partial charge in [-0.15, -0.1) is 0 Å². The summed E-state index contributed by atoms with van der Waals surface area (Å²) in [6.07, 6.45) is 0.464. The number of esters is 1. The Labute approximate surface area is 119 Å². The topological polar surface area (TPSA) is 84.9 Å². The van der Waals surface area contributed by atoms with Gasteiger partial charge in [-0.2, -0.15) is 0 Å². The van der Waals surface area contributed by atoms with Gasteiger partial charge < -0.3 is 19.9 Å². The van der Waals surface area contributed by atoms with Crippen molar-refractivity contribution in [3.05, 3.63) is 0 Å². The SMILES string of the molecule is CCOC(=O)CC(NC(=O)OC(C)(C)C)C1CCC1O. The zero-order chi connectivity index (χ0) is 15.3. The van der Waals surface area contributed by atoms with E-state index in [0.29, 0.717) is 13.0 Å². The Balaban J connectivity index is 2.58. The maximum atomic E-state index is 11.8. The fourth-order valence-electron chi connectivity index (χ4n) is 2.15. The summed E-state index contributed by atoms with van der Waals surface area (Å²) in [6, 6.07) is -0.451. The summed E-state index contributed by atoms with van der Waals surface area (Å²) in [7, 11) is 0. The number of rotatable bonds is 5. The number of nitrogens with one attached hydrogen (secondary N) is 1. The van der Waals surface area contributed by atoms with Crippen LogP contribution in [0.5, 0.6) is 0 Å². The Hall–Kier alpha value is -1.30. The molecule has 0 bridgehead atoms. The molecule has 1 amide bonds. The van der Waals surface area contributed by atoms with Crippen LogP contribution in [0.4, 0.5) is 4.79 Å². The smallest absolute Gasteiger partial charge is 0.407 e. The molecular weight excluding hydrogens is 262 g/mol. The largest absolute Gasteiger partial charge is 0.466 e. The fraction of sp³-hybridized carbons (Fsp3) is 0.857. The van der Waals surface area contributed by atoms with Gasteiger partial charge in [0.1, 0.15) is 5.60 Å². The van der Waals surface area contributed by atoms with Gasteiger partial charge in [-0.3, -0.25) is 4.79 Å². The molecule has 1 saturated carbocycles. The molecule has 3 atom stereocenters. The van der Waals surface area contributed by atoms with Crippen LogP contribution < -0.4 is 5.32 Å². The molecule has 20 heavy (non-hydrogen) atoms. The van der Waals surface area contributed by atoms with Crippen LogP contribution in [-0.2, 0) is 14.3 Å². The molecule has 6 heteroatoms. The first kappa shape index (κ1) is 16.8. The van der Waals surface area contributed by atoms with Crippen LogP contribution in [0.1, 0.15) is 47.0 Å². The lowest BCUT2D eigenvalue weighted by Gasteiger charge is -2.38. The first-order valence-electron chi connectivity index (χ1n) is 7.06. The Morgan fingerprint density at radius 1 is 1.35 bits per heavy atom. The zero-order valence-electron chi connectivity index (χ0n) is 12.6. The van der Waals surface area contributed by atoms with E-state index in [1.54, 1.807) is 27.7 Å². The number of aliphatic hydroxyl groups excluding tert-OH is 1. The lowest BCUT2D eigenvalue weighted by Crippen LogP contribution is -2.51. The van der Waals surface area contributed by atoms with E-state index in [2.05, 4.69) is 5.32 Å². The van der Waals surface area contributed by atoms with Crippen molar-refractivity contribution in [2.75, 3.05) is 6.61 Å². The number of alkyl carbamates (subject to hydrolysis) is 1. The van der Waals surface area contributed by atoms with E-state index in [0.717, 1.165) is 6.42 Å². The van der Waals surface area contributed by atoms with Crippen LogP contribution in [0.3, 0.4) is 0 Å². The summed E-state index contributed by atoms with van der Waals surface area (Å²) >= 11 is 0. The molecule has 2 N–H and O–H groups in total. The second-order valence-electron chi connectivity index (χ2n) is 6.07. The van der Waals surface area contributed by atoms with Crippen molar-refractivity contribution in [2.45, 2.75) is 64.7 Å². The quantitative estimate of drug-likeness (QED) is 0.750. The van der Waals surface area contributed by atoms with Gasteiger partial charge in [-0.05, 0) is 40.5 Å². The first-order valence-corrected chi connectivity index (χ1v) is 7.06. The molecule has 0 radical (unpaired) electrons. The minimum atomic E-state index is -0.600. The van der Waals surface area contributed by atoms with E-state index in [-0.39, 0.29) is 18.3 Å². The van der Waals surface area contributed by atoms with Gasteiger partial charge in [-0.1, -0.05) is 0 Å². The average Bonchev–Trinajstić information content (AvgIpc) is 2.24. The predicted molar refractivity (Wildman–Crippen MR) is 73.1 cm³/mol. The molecule has 0 spiro atoms. The molecule has 1 aliphatic carbocycles. The number of hydrogen-bond acceptors (Lipinski definition) is 5. The van der Waals surface area contributed by atoms with E-state index in [9.17, 15) is 14.7 Å². The molecule has 1 fully saturated rings. The summed E-state index contributed by atoms with van der Waals surface area (Å²) in [5.74, 6) is -0.500. The van der Waals surface area contributed by atoms with Crippen molar-refractivity contribution in [3.8, 4) is 0 Å². The number of amides is 1. The van der Waals surface area contributed by atoms with Gasteiger partial charge in [0.2, 0.25) is 0 Å². The molecule has 0 aliphatic heterocycles. The highest BCUT2D eigenvalue weighted by Crippen LogP contribution is 2.32. The Morgan fingerprint density at radius 2 is 2.00 bits per heavy atom. The van der Waals surface area contributed by atoms with Gasteiger partial charge in [0.25, 0.3) is 0 Å². The first-order chi connectivity index (χ1) is 9.23. The minimum Gasteiger partial charge on any atom is -0.466 e. The Bertz CT molecular complexity index is 350. The maximum Gasteiger partial charge on any atom is 0.407 e. The normalized spacial score (nSPS) is 23.4. The summed E-state index contributed by atoms with van der Waals surface area (Å²) in [5, 5.41) is 12.4. The second-order valence-corrected chi connectivity index (χ2v) is 6.07. The highest BCUT2D eigenvalue weighted by molar-refractivity contribution is 5.73. The van der Waals surface area contributed by atoms with Crippen molar-refractivity contribution in [3.63, 3.8) is 0 Å². The van der Waals surface area contributed by atoms with E-state index >= 15 is 0 Å². The third kappa shape index (κ3) is 5.36. The summed E-state index contributed by atoms with van der Waals surface area (Å²) in [6.45, 7) is 7.33. The van der Waals surface area contributed by atoms with Gasteiger partial charge >= 0.3 is 12.1 Å². The maximum absolute atomic E-state index is 11.8. The number of carbonyl (C=O) groups excluding carboxylic acids is 2. The van der Waals surface area contributed by atoms with Crippen LogP contribution in [0, 0.1) is 5.92 Å². The van der Waals surface area contributed by atoms with E-state index in [4.69, 9.17) is 9.47 Å². The van der Waals surface area contributed by atoms with Crippen LogP contribution in [0.25, 0.3) is 0 Å². The van der Waals surface area contributed by atoms with Gasteiger partial charge in [0.15, 0.2) is 0 Å². The molecule has 3 unspecified atom stereocenters. The summed E-state index contributed by atoms with van der Waals surface area (Å²) < 4.78 is 10.1. The molecule has 116 valence electrons. The fourth-order valence-corrected chi connectivity index (χ4v) is 2.15.